The van der Waals surface area contributed by atoms with Gasteiger partial charge in [0.15, 0.2) is 0 Å². The van der Waals surface area contributed by atoms with Crippen LogP contribution in [0.2, 0.25) is 0 Å². The maximum absolute atomic E-state index is 13.5. The van der Waals surface area contributed by atoms with Crippen LogP contribution < -0.4 is 4.74 Å². The summed E-state index contributed by atoms with van der Waals surface area (Å²) in [4.78, 5) is 29.7. The molecule has 0 saturated heterocycles. The molecule has 9 heteroatoms. The van der Waals surface area contributed by atoms with Gasteiger partial charge in [0.25, 0.3) is 0 Å². The van der Waals surface area contributed by atoms with Gasteiger partial charge in [-0.2, -0.15) is 5.10 Å². The van der Waals surface area contributed by atoms with Crippen LogP contribution in [0.25, 0.3) is 5.52 Å². The topological polar surface area (TPSA) is 97.0 Å². The van der Waals surface area contributed by atoms with Gasteiger partial charge in [0.2, 0.25) is 5.78 Å². The lowest BCUT2D eigenvalue weighted by Gasteiger charge is -2.07. The Morgan fingerprint density at radius 2 is 1.85 bits per heavy atom. The predicted molar refractivity (Wildman–Crippen MR) is 119 cm³/mol. The van der Waals surface area contributed by atoms with Crippen LogP contribution in [-0.4, -0.2) is 45.1 Å². The van der Waals surface area contributed by atoms with E-state index in [4.69, 9.17) is 14.2 Å². The number of hydrogen-bond donors (Lipinski definition) is 0. The lowest BCUT2D eigenvalue weighted by Crippen LogP contribution is -2.11. The normalized spacial score (nSPS) is 11.0. The highest BCUT2D eigenvalue weighted by atomic mass is 16.5. The zero-order chi connectivity index (χ0) is 23.4. The van der Waals surface area contributed by atoms with E-state index in [1.165, 1.54) is 13.3 Å². The lowest BCUT2D eigenvalue weighted by molar-refractivity contribution is 0.0600. The largest absolute Gasteiger partial charge is 0.497 e. The summed E-state index contributed by atoms with van der Waals surface area (Å²) < 4.78 is 19.2. The van der Waals surface area contributed by atoms with Crippen molar-refractivity contribution < 1.29 is 23.8 Å². The van der Waals surface area contributed by atoms with Crippen molar-refractivity contribution in [2.75, 3.05) is 14.2 Å². The number of benzene rings is 1. The lowest BCUT2D eigenvalue weighted by atomic mass is 10.1. The highest BCUT2D eigenvalue weighted by Crippen LogP contribution is 2.23. The number of imidazole rings is 1. The fourth-order valence-electron chi connectivity index (χ4n) is 3.56. The summed E-state index contributed by atoms with van der Waals surface area (Å²) in [5.41, 5.74) is 3.06. The fourth-order valence-corrected chi connectivity index (χ4v) is 3.56. The Hall–Kier alpha value is -3.98. The van der Waals surface area contributed by atoms with Crippen molar-refractivity contribution in [1.29, 1.82) is 0 Å². The molecular weight excluding hydrogens is 424 g/mol. The first kappa shape index (κ1) is 22.2. The number of ether oxygens (including phenoxy) is 3. The van der Waals surface area contributed by atoms with Gasteiger partial charge in [-0.1, -0.05) is 12.1 Å². The summed E-state index contributed by atoms with van der Waals surface area (Å²) in [6, 6.07) is 10.7. The maximum Gasteiger partial charge on any atom is 0.337 e. The maximum atomic E-state index is 13.5. The molecule has 0 aliphatic rings. The highest BCUT2D eigenvalue weighted by molar-refractivity contribution is 6.13. The number of esters is 1. The molecule has 170 valence electrons. The molecule has 0 aliphatic heterocycles. The molecule has 0 fully saturated rings. The van der Waals surface area contributed by atoms with Gasteiger partial charge in [0.05, 0.1) is 56.6 Å². The van der Waals surface area contributed by atoms with Crippen molar-refractivity contribution in [3.63, 3.8) is 0 Å². The van der Waals surface area contributed by atoms with Crippen molar-refractivity contribution in [3.05, 3.63) is 83.2 Å². The van der Waals surface area contributed by atoms with E-state index in [2.05, 4.69) is 10.1 Å². The number of carbonyl (C=O) groups is 2. The van der Waals surface area contributed by atoms with Crippen LogP contribution in [0.1, 0.15) is 44.6 Å². The number of aromatic nitrogens is 4. The number of carbonyl (C=O) groups excluding carboxylic acids is 2. The molecule has 0 saturated carbocycles. The molecule has 3 aromatic heterocycles. The van der Waals surface area contributed by atoms with Crippen molar-refractivity contribution in [1.82, 2.24) is 19.2 Å². The van der Waals surface area contributed by atoms with Crippen LogP contribution >= 0.6 is 0 Å². The Morgan fingerprint density at radius 3 is 2.55 bits per heavy atom. The van der Waals surface area contributed by atoms with E-state index in [9.17, 15) is 9.59 Å². The van der Waals surface area contributed by atoms with Crippen molar-refractivity contribution in [3.8, 4) is 5.75 Å². The van der Waals surface area contributed by atoms with E-state index < -0.39 is 5.97 Å². The number of pyridine rings is 1. The molecule has 0 bridgehead atoms. The van der Waals surface area contributed by atoms with Crippen LogP contribution in [0.15, 0.2) is 55.1 Å². The second kappa shape index (κ2) is 9.66. The van der Waals surface area contributed by atoms with Crippen molar-refractivity contribution in [2.45, 2.75) is 26.7 Å². The third kappa shape index (κ3) is 4.49. The first-order valence-corrected chi connectivity index (χ1v) is 10.4. The van der Waals surface area contributed by atoms with Crippen LogP contribution in [0.4, 0.5) is 0 Å². The highest BCUT2D eigenvalue weighted by Gasteiger charge is 2.24. The van der Waals surface area contributed by atoms with Crippen LogP contribution in [0.5, 0.6) is 5.75 Å². The number of nitrogens with zero attached hydrogens (tertiary/aromatic N) is 4. The van der Waals surface area contributed by atoms with E-state index in [0.29, 0.717) is 41.2 Å². The molecule has 4 rings (SSSR count). The van der Waals surface area contributed by atoms with Gasteiger partial charge in [0, 0.05) is 12.7 Å². The Labute approximate surface area is 190 Å². The van der Waals surface area contributed by atoms with Crippen LogP contribution in [-0.2, 0) is 29.2 Å². The van der Waals surface area contributed by atoms with Gasteiger partial charge >= 0.3 is 5.97 Å². The summed E-state index contributed by atoms with van der Waals surface area (Å²) in [6.45, 7) is 2.98. The van der Waals surface area contributed by atoms with Gasteiger partial charge in [0.1, 0.15) is 17.1 Å². The number of aryl methyl sites for hydroxylation is 1. The Bertz CT molecular complexity index is 1290. The average Bonchev–Trinajstić information content (AvgIpc) is 3.47. The van der Waals surface area contributed by atoms with E-state index in [1.54, 1.807) is 40.8 Å². The third-order valence-corrected chi connectivity index (χ3v) is 5.31. The third-order valence-electron chi connectivity index (χ3n) is 5.31. The number of fused-ring (bicyclic) bond motifs is 1. The molecule has 1 aromatic carbocycles. The summed E-state index contributed by atoms with van der Waals surface area (Å²) in [7, 11) is 2.93. The molecule has 3 heterocycles. The Kier molecular flexibility index (Phi) is 6.50. The molecule has 0 aliphatic carbocycles. The predicted octanol–water partition coefficient (Wildman–Crippen LogP) is 3.29. The molecule has 0 radical (unpaired) electrons. The number of ketones is 1. The van der Waals surface area contributed by atoms with Crippen molar-refractivity contribution in [2.24, 2.45) is 0 Å². The SMILES string of the molecule is CCn1cncc1C(=O)c1c(COCc2ccc(OC)cc2)nn2ccc(C(=O)OC)cc12. The minimum Gasteiger partial charge on any atom is -0.497 e. The first-order valence-electron chi connectivity index (χ1n) is 10.4. The van der Waals surface area contributed by atoms with Gasteiger partial charge in [-0.3, -0.25) is 4.79 Å². The average molecular weight is 448 g/mol. The van der Waals surface area contributed by atoms with E-state index in [0.717, 1.165) is 11.3 Å². The summed E-state index contributed by atoms with van der Waals surface area (Å²) >= 11 is 0. The molecule has 0 spiro atoms. The minimum absolute atomic E-state index is 0.114. The molecule has 0 N–H and O–H groups in total. The first-order chi connectivity index (χ1) is 16.0. The zero-order valence-electron chi connectivity index (χ0n) is 18.6. The molecular formula is C24H24N4O5. The second-order valence-electron chi connectivity index (χ2n) is 7.29. The molecule has 4 aromatic rings. The molecule has 0 unspecified atom stereocenters. The molecule has 0 atom stereocenters. The standard InChI is InChI=1S/C24H24N4O5/c1-4-27-15-25-12-21(27)23(29)22-19(14-33-13-16-5-7-18(31-2)8-6-16)26-28-10-9-17(11-20(22)28)24(30)32-3/h5-12,15H,4,13-14H2,1-3H3. The number of methoxy groups -OCH3 is 2. The number of rotatable bonds is 9. The summed E-state index contributed by atoms with van der Waals surface area (Å²) in [6.07, 6.45) is 4.77. The van der Waals surface area contributed by atoms with Crippen LogP contribution in [0, 0.1) is 0 Å². The van der Waals surface area contributed by atoms with Gasteiger partial charge in [-0.15, -0.1) is 0 Å². The van der Waals surface area contributed by atoms with Crippen molar-refractivity contribution >= 4 is 17.3 Å². The second-order valence-corrected chi connectivity index (χ2v) is 7.29. The zero-order valence-corrected chi connectivity index (χ0v) is 18.6. The van der Waals surface area contributed by atoms with E-state index in [-0.39, 0.29) is 12.4 Å². The quantitative estimate of drug-likeness (QED) is 0.286. The molecule has 9 nitrogen and oxygen atoms in total. The monoisotopic (exact) mass is 448 g/mol. The van der Waals surface area contributed by atoms with Gasteiger partial charge in [-0.05, 0) is 36.8 Å². The summed E-state index contributed by atoms with van der Waals surface area (Å²) in [5, 5.41) is 4.55. The number of hydrogen-bond acceptors (Lipinski definition) is 7. The Balaban J connectivity index is 1.68. The van der Waals surface area contributed by atoms with Crippen LogP contribution in [0.3, 0.4) is 0 Å². The minimum atomic E-state index is -0.493. The Morgan fingerprint density at radius 1 is 1.06 bits per heavy atom. The molecule has 0 amide bonds. The molecule has 33 heavy (non-hydrogen) atoms. The smallest absolute Gasteiger partial charge is 0.337 e. The summed E-state index contributed by atoms with van der Waals surface area (Å²) in [5.74, 6) is 0.0309. The van der Waals surface area contributed by atoms with Gasteiger partial charge < -0.3 is 18.8 Å². The van der Waals surface area contributed by atoms with Gasteiger partial charge in [-0.25, -0.2) is 14.3 Å². The van der Waals surface area contributed by atoms with E-state index >= 15 is 0 Å². The van der Waals surface area contributed by atoms with E-state index in [1.807, 2.05) is 31.2 Å². The fraction of sp³-hybridized carbons (Fsp3) is 0.250.